The summed E-state index contributed by atoms with van der Waals surface area (Å²) in [5.74, 6) is 2.21. The van der Waals surface area contributed by atoms with Crippen LogP contribution in [0.3, 0.4) is 0 Å². The van der Waals surface area contributed by atoms with Crippen LogP contribution in [-0.4, -0.2) is 38.6 Å². The van der Waals surface area contributed by atoms with Crippen molar-refractivity contribution in [3.63, 3.8) is 0 Å². The van der Waals surface area contributed by atoms with Crippen molar-refractivity contribution in [1.82, 2.24) is 16.0 Å². The van der Waals surface area contributed by atoms with E-state index in [1.165, 1.54) is 18.4 Å². The maximum atomic E-state index is 11.7. The van der Waals surface area contributed by atoms with Gasteiger partial charge < -0.3 is 20.7 Å². The summed E-state index contributed by atoms with van der Waals surface area (Å²) in [4.78, 5) is 15.8. The average molecular weight is 474 g/mol. The quantitative estimate of drug-likeness (QED) is 0.292. The van der Waals surface area contributed by atoms with E-state index in [0.717, 1.165) is 30.3 Å². The number of nitrogens with one attached hydrogen (secondary N) is 3. The van der Waals surface area contributed by atoms with E-state index in [-0.39, 0.29) is 36.4 Å². The topological polar surface area (TPSA) is 74.8 Å². The lowest BCUT2D eigenvalue weighted by Crippen LogP contribution is -2.43. The van der Waals surface area contributed by atoms with Gasteiger partial charge in [0.15, 0.2) is 5.96 Å². The van der Waals surface area contributed by atoms with Crippen LogP contribution in [-0.2, 0) is 11.3 Å². The summed E-state index contributed by atoms with van der Waals surface area (Å²) in [5, 5.41) is 9.09. The first kappa shape index (κ1) is 22.5. The van der Waals surface area contributed by atoms with Gasteiger partial charge >= 0.3 is 0 Å². The van der Waals surface area contributed by atoms with Crippen molar-refractivity contribution in [2.24, 2.45) is 10.9 Å². The summed E-state index contributed by atoms with van der Waals surface area (Å²) in [6.45, 7) is 6.38. The van der Waals surface area contributed by atoms with Crippen molar-refractivity contribution in [2.45, 2.75) is 39.7 Å². The fourth-order valence-electron chi connectivity index (χ4n) is 2.32. The Morgan fingerprint density at radius 2 is 2.04 bits per heavy atom. The van der Waals surface area contributed by atoms with E-state index >= 15 is 0 Å². The van der Waals surface area contributed by atoms with Crippen LogP contribution in [0.2, 0.25) is 0 Å². The van der Waals surface area contributed by atoms with Crippen LogP contribution < -0.4 is 20.7 Å². The van der Waals surface area contributed by atoms with Crippen molar-refractivity contribution in [3.05, 3.63) is 29.3 Å². The highest BCUT2D eigenvalue weighted by atomic mass is 127. The second kappa shape index (κ2) is 12.0. The van der Waals surface area contributed by atoms with Crippen molar-refractivity contribution in [1.29, 1.82) is 0 Å². The van der Waals surface area contributed by atoms with Crippen LogP contribution in [0.5, 0.6) is 5.75 Å². The van der Waals surface area contributed by atoms with Crippen molar-refractivity contribution >= 4 is 35.8 Å². The lowest BCUT2D eigenvalue weighted by Gasteiger charge is -2.15. The SMILES string of the molecule is CCCNC(=O)CNC(=NC)NCc1ccc(C)cc1OCC1CC1.I. The molecule has 0 radical (unpaired) electrons. The predicted molar refractivity (Wildman–Crippen MR) is 116 cm³/mol. The molecule has 146 valence electrons. The lowest BCUT2D eigenvalue weighted by atomic mass is 10.1. The lowest BCUT2D eigenvalue weighted by molar-refractivity contribution is -0.120. The van der Waals surface area contributed by atoms with E-state index in [1.54, 1.807) is 7.05 Å². The number of halogens is 1. The van der Waals surface area contributed by atoms with Gasteiger partial charge in [0.25, 0.3) is 0 Å². The molecule has 1 saturated carbocycles. The highest BCUT2D eigenvalue weighted by molar-refractivity contribution is 14.0. The summed E-state index contributed by atoms with van der Waals surface area (Å²) >= 11 is 0. The zero-order valence-corrected chi connectivity index (χ0v) is 18.3. The third kappa shape index (κ3) is 8.25. The molecule has 0 aromatic heterocycles. The Hall–Kier alpha value is -1.51. The number of aliphatic imine (C=N–C) groups is 1. The Morgan fingerprint density at radius 3 is 2.69 bits per heavy atom. The Balaban J connectivity index is 0.00000338. The number of aryl methyl sites for hydroxylation is 1. The van der Waals surface area contributed by atoms with Crippen molar-refractivity contribution < 1.29 is 9.53 Å². The maximum Gasteiger partial charge on any atom is 0.239 e. The molecule has 0 bridgehead atoms. The largest absolute Gasteiger partial charge is 0.493 e. The second-order valence-corrected chi connectivity index (χ2v) is 6.49. The number of carbonyl (C=O) groups is 1. The first-order valence-corrected chi connectivity index (χ1v) is 9.06. The number of guanidine groups is 1. The Labute approximate surface area is 173 Å². The van der Waals surface area contributed by atoms with Crippen LogP contribution in [0.15, 0.2) is 23.2 Å². The number of hydrogen-bond donors (Lipinski definition) is 3. The maximum absolute atomic E-state index is 11.7. The van der Waals surface area contributed by atoms with Crippen LogP contribution in [0.1, 0.15) is 37.3 Å². The van der Waals surface area contributed by atoms with Gasteiger partial charge in [-0.3, -0.25) is 9.79 Å². The second-order valence-electron chi connectivity index (χ2n) is 6.49. The highest BCUT2D eigenvalue weighted by Gasteiger charge is 2.22. The molecule has 0 unspecified atom stereocenters. The van der Waals surface area contributed by atoms with E-state index in [1.807, 2.05) is 6.92 Å². The molecule has 7 heteroatoms. The van der Waals surface area contributed by atoms with Gasteiger partial charge in [0, 0.05) is 25.7 Å². The minimum atomic E-state index is -0.0337. The van der Waals surface area contributed by atoms with E-state index < -0.39 is 0 Å². The first-order valence-electron chi connectivity index (χ1n) is 9.06. The van der Waals surface area contributed by atoms with Crippen molar-refractivity contribution in [2.75, 3.05) is 26.7 Å². The molecule has 0 saturated heterocycles. The molecule has 1 amide bonds. The summed E-state index contributed by atoms with van der Waals surface area (Å²) in [7, 11) is 1.69. The van der Waals surface area contributed by atoms with Gasteiger partial charge in [-0.15, -0.1) is 24.0 Å². The average Bonchev–Trinajstić information content (AvgIpc) is 3.43. The molecule has 0 heterocycles. The number of ether oxygens (including phenoxy) is 1. The van der Waals surface area contributed by atoms with Gasteiger partial charge in [0.2, 0.25) is 5.91 Å². The molecule has 1 aliphatic rings. The van der Waals surface area contributed by atoms with Crippen LogP contribution in [0.25, 0.3) is 0 Å². The molecule has 0 atom stereocenters. The fourth-order valence-corrected chi connectivity index (χ4v) is 2.32. The first-order chi connectivity index (χ1) is 12.1. The monoisotopic (exact) mass is 474 g/mol. The number of benzene rings is 1. The van der Waals surface area contributed by atoms with Gasteiger partial charge in [-0.25, -0.2) is 0 Å². The normalized spacial score (nSPS) is 13.6. The smallest absolute Gasteiger partial charge is 0.239 e. The summed E-state index contributed by atoms with van der Waals surface area (Å²) < 4.78 is 5.99. The van der Waals surface area contributed by atoms with Crippen LogP contribution in [0.4, 0.5) is 0 Å². The minimum Gasteiger partial charge on any atom is -0.493 e. The Bertz CT molecular complexity index is 603. The minimum absolute atomic E-state index is 0. The predicted octanol–water partition coefficient (Wildman–Crippen LogP) is 2.59. The highest BCUT2D eigenvalue weighted by Crippen LogP contribution is 2.30. The number of nitrogens with zero attached hydrogens (tertiary/aromatic N) is 1. The summed E-state index contributed by atoms with van der Waals surface area (Å²) in [6.07, 6.45) is 3.47. The van der Waals surface area contributed by atoms with E-state index in [9.17, 15) is 4.79 Å². The molecule has 2 rings (SSSR count). The van der Waals surface area contributed by atoms with Crippen LogP contribution in [0, 0.1) is 12.8 Å². The molecule has 1 fully saturated rings. The molecular weight excluding hydrogens is 443 g/mol. The molecule has 26 heavy (non-hydrogen) atoms. The molecule has 0 spiro atoms. The Kier molecular flexibility index (Phi) is 10.4. The molecule has 1 aromatic rings. The van der Waals surface area contributed by atoms with Gasteiger partial charge in [0.1, 0.15) is 5.75 Å². The zero-order valence-electron chi connectivity index (χ0n) is 15.9. The van der Waals surface area contributed by atoms with Gasteiger partial charge in [-0.05, 0) is 43.7 Å². The van der Waals surface area contributed by atoms with Crippen LogP contribution >= 0.6 is 24.0 Å². The van der Waals surface area contributed by atoms with Gasteiger partial charge in [-0.1, -0.05) is 19.1 Å². The molecule has 1 aliphatic carbocycles. The number of hydrogen-bond acceptors (Lipinski definition) is 3. The van der Waals surface area contributed by atoms with Gasteiger partial charge in [0.05, 0.1) is 13.2 Å². The van der Waals surface area contributed by atoms with Gasteiger partial charge in [-0.2, -0.15) is 0 Å². The molecule has 3 N–H and O–H groups in total. The van der Waals surface area contributed by atoms with E-state index in [0.29, 0.717) is 19.0 Å². The molecule has 1 aromatic carbocycles. The number of amides is 1. The van der Waals surface area contributed by atoms with E-state index in [4.69, 9.17) is 4.74 Å². The number of carbonyl (C=O) groups excluding carboxylic acids is 1. The fraction of sp³-hybridized carbons (Fsp3) is 0.579. The summed E-state index contributed by atoms with van der Waals surface area (Å²) in [5.41, 5.74) is 2.27. The molecule has 6 nitrogen and oxygen atoms in total. The van der Waals surface area contributed by atoms with E-state index in [2.05, 4.69) is 46.1 Å². The third-order valence-electron chi connectivity index (χ3n) is 4.05. The molecule has 0 aliphatic heterocycles. The molecular formula is C19H31IN4O2. The zero-order chi connectivity index (χ0) is 18.1. The Morgan fingerprint density at radius 1 is 1.27 bits per heavy atom. The summed E-state index contributed by atoms with van der Waals surface area (Å²) in [6, 6.07) is 6.23. The number of rotatable bonds is 9. The van der Waals surface area contributed by atoms with Crippen molar-refractivity contribution in [3.8, 4) is 5.75 Å². The standard InChI is InChI=1S/C19H30N4O2.HI/c1-4-9-21-18(24)12-23-19(20-3)22-11-16-8-5-14(2)10-17(16)25-13-15-6-7-15;/h5,8,10,15H,4,6-7,9,11-13H2,1-3H3,(H,21,24)(H2,20,22,23);1H. The third-order valence-corrected chi connectivity index (χ3v) is 4.05.